The molecule has 3 saturated heterocycles. The van der Waals surface area contributed by atoms with Crippen LogP contribution >= 0.6 is 0 Å². The van der Waals surface area contributed by atoms with Gasteiger partial charge in [-0.05, 0) is 44.2 Å². The summed E-state index contributed by atoms with van der Waals surface area (Å²) >= 11 is 0. The van der Waals surface area contributed by atoms with E-state index in [1.165, 1.54) is 19.3 Å². The van der Waals surface area contributed by atoms with E-state index < -0.39 is 0 Å². The first-order valence-electron chi connectivity index (χ1n) is 10.3. The Balaban J connectivity index is 1.28. The molecular weight excluding hydrogens is 344 g/mol. The Morgan fingerprint density at radius 2 is 2.11 bits per heavy atom. The lowest BCUT2D eigenvalue weighted by Gasteiger charge is -2.25. The lowest BCUT2D eigenvalue weighted by molar-refractivity contribution is 0.0178. The molecule has 3 aliphatic heterocycles. The first kappa shape index (κ1) is 18.3. The molecule has 4 heterocycles. The van der Waals surface area contributed by atoms with Crippen molar-refractivity contribution in [2.45, 2.75) is 50.7 Å². The summed E-state index contributed by atoms with van der Waals surface area (Å²) in [6.07, 6.45) is 8.61. The molecule has 0 radical (unpaired) electrons. The van der Waals surface area contributed by atoms with Crippen LogP contribution in [0.3, 0.4) is 0 Å². The van der Waals surface area contributed by atoms with Gasteiger partial charge in [0.15, 0.2) is 11.6 Å². The van der Waals surface area contributed by atoms with Crippen LogP contribution < -0.4 is 15.0 Å². The van der Waals surface area contributed by atoms with Crippen molar-refractivity contribution in [3.63, 3.8) is 0 Å². The molecule has 0 spiro atoms. The van der Waals surface area contributed by atoms with Crippen LogP contribution in [0.5, 0.6) is 5.75 Å². The number of amides is 2. The maximum Gasteiger partial charge on any atom is 0.317 e. The van der Waals surface area contributed by atoms with Crippen molar-refractivity contribution < 1.29 is 14.3 Å². The maximum absolute atomic E-state index is 12.4. The Hall–Kier alpha value is -2.02. The summed E-state index contributed by atoms with van der Waals surface area (Å²) in [7, 11) is 0. The molecule has 1 aromatic heterocycles. The molecule has 27 heavy (non-hydrogen) atoms. The van der Waals surface area contributed by atoms with Crippen LogP contribution in [0.25, 0.3) is 0 Å². The average molecular weight is 374 g/mol. The zero-order valence-corrected chi connectivity index (χ0v) is 15.9. The number of hydrogen-bond donors (Lipinski definition) is 1. The first-order chi connectivity index (χ1) is 13.3. The minimum Gasteiger partial charge on any atom is -0.485 e. The van der Waals surface area contributed by atoms with Crippen molar-refractivity contribution in [1.29, 1.82) is 0 Å². The van der Waals surface area contributed by atoms with Crippen molar-refractivity contribution in [3.05, 3.63) is 18.3 Å². The third kappa shape index (κ3) is 4.64. The van der Waals surface area contributed by atoms with Crippen molar-refractivity contribution >= 4 is 11.8 Å². The second-order valence-corrected chi connectivity index (χ2v) is 7.67. The molecule has 7 nitrogen and oxygen atoms in total. The molecule has 2 amide bonds. The van der Waals surface area contributed by atoms with Crippen LogP contribution in [0.15, 0.2) is 18.3 Å². The number of urea groups is 1. The molecular formula is C20H30N4O3. The van der Waals surface area contributed by atoms with Crippen molar-refractivity contribution in [1.82, 2.24) is 15.2 Å². The third-order valence-corrected chi connectivity index (χ3v) is 5.64. The van der Waals surface area contributed by atoms with Gasteiger partial charge in [0, 0.05) is 45.4 Å². The van der Waals surface area contributed by atoms with Gasteiger partial charge in [0.25, 0.3) is 0 Å². The monoisotopic (exact) mass is 374 g/mol. The fourth-order valence-corrected chi connectivity index (χ4v) is 4.11. The molecule has 3 aliphatic rings. The van der Waals surface area contributed by atoms with E-state index in [4.69, 9.17) is 9.47 Å². The van der Waals surface area contributed by atoms with Gasteiger partial charge in [-0.1, -0.05) is 0 Å². The molecule has 0 saturated carbocycles. The standard InChI is InChI=1S/C20H30N4O3/c25-20(22-14-16-6-1-4-13-26-16)24-12-8-17(15-24)27-18-7-5-9-21-19(18)23-10-2-3-11-23/h5,7,9,16-17H,1-4,6,8,10-15H2,(H,22,25)/t16-,17-/m1/s1. The molecule has 148 valence electrons. The number of hydrogen-bond acceptors (Lipinski definition) is 5. The Morgan fingerprint density at radius 1 is 1.22 bits per heavy atom. The number of ether oxygens (including phenoxy) is 2. The number of nitrogens with zero attached hydrogens (tertiary/aromatic N) is 3. The molecule has 7 heteroatoms. The lowest BCUT2D eigenvalue weighted by atomic mass is 10.1. The predicted molar refractivity (Wildman–Crippen MR) is 103 cm³/mol. The van der Waals surface area contributed by atoms with E-state index in [-0.39, 0.29) is 18.2 Å². The van der Waals surface area contributed by atoms with Crippen LogP contribution in [0.4, 0.5) is 10.6 Å². The zero-order valence-electron chi connectivity index (χ0n) is 15.9. The fraction of sp³-hybridized carbons (Fsp3) is 0.700. The SMILES string of the molecule is O=C(NC[C@H]1CCCCO1)N1CC[C@@H](Oc2cccnc2N2CCCC2)C1. The molecule has 0 aromatic carbocycles. The highest BCUT2D eigenvalue weighted by Crippen LogP contribution is 2.30. The number of carbonyl (C=O) groups excluding carboxylic acids is 1. The quantitative estimate of drug-likeness (QED) is 0.857. The van der Waals surface area contributed by atoms with Gasteiger partial charge in [-0.2, -0.15) is 0 Å². The van der Waals surface area contributed by atoms with E-state index in [1.54, 1.807) is 0 Å². The minimum atomic E-state index is -0.0128. The number of nitrogens with one attached hydrogen (secondary N) is 1. The number of carbonyl (C=O) groups is 1. The summed E-state index contributed by atoms with van der Waals surface area (Å²) in [4.78, 5) is 21.1. The summed E-state index contributed by atoms with van der Waals surface area (Å²) < 4.78 is 11.9. The normalized spacial score (nSPS) is 25.6. The molecule has 0 bridgehead atoms. The summed E-state index contributed by atoms with van der Waals surface area (Å²) in [5.74, 6) is 1.77. The maximum atomic E-state index is 12.4. The number of aromatic nitrogens is 1. The van der Waals surface area contributed by atoms with Gasteiger partial charge in [0.05, 0.1) is 12.6 Å². The molecule has 1 N–H and O–H groups in total. The topological polar surface area (TPSA) is 66.9 Å². The van der Waals surface area contributed by atoms with Gasteiger partial charge in [0.2, 0.25) is 0 Å². The second kappa shape index (κ2) is 8.78. The Kier molecular flexibility index (Phi) is 5.97. The Bertz CT molecular complexity index is 629. The highest BCUT2D eigenvalue weighted by molar-refractivity contribution is 5.74. The molecule has 2 atom stereocenters. The van der Waals surface area contributed by atoms with E-state index in [0.717, 1.165) is 57.1 Å². The average Bonchev–Trinajstić information content (AvgIpc) is 3.40. The van der Waals surface area contributed by atoms with Gasteiger partial charge >= 0.3 is 6.03 Å². The van der Waals surface area contributed by atoms with Crippen molar-refractivity contribution in [2.75, 3.05) is 44.2 Å². The Labute approximate surface area is 161 Å². The highest BCUT2D eigenvalue weighted by Gasteiger charge is 2.29. The number of likely N-dealkylation sites (tertiary alicyclic amines) is 1. The number of rotatable bonds is 5. The zero-order chi connectivity index (χ0) is 18.5. The summed E-state index contributed by atoms with van der Waals surface area (Å²) in [5, 5.41) is 3.02. The van der Waals surface area contributed by atoms with E-state index in [1.807, 2.05) is 23.2 Å². The van der Waals surface area contributed by atoms with E-state index in [0.29, 0.717) is 13.1 Å². The van der Waals surface area contributed by atoms with Gasteiger partial charge in [0.1, 0.15) is 6.10 Å². The highest BCUT2D eigenvalue weighted by atomic mass is 16.5. The summed E-state index contributed by atoms with van der Waals surface area (Å²) in [6, 6.07) is 3.89. The first-order valence-corrected chi connectivity index (χ1v) is 10.3. The minimum absolute atomic E-state index is 0.0128. The van der Waals surface area contributed by atoms with Gasteiger partial charge < -0.3 is 24.6 Å². The summed E-state index contributed by atoms with van der Waals surface area (Å²) in [5.41, 5.74) is 0. The van der Waals surface area contributed by atoms with Crippen LogP contribution in [0, 0.1) is 0 Å². The van der Waals surface area contributed by atoms with Crippen LogP contribution in [-0.4, -0.2) is 67.5 Å². The molecule has 0 unspecified atom stereocenters. The number of anilines is 1. The van der Waals surface area contributed by atoms with Gasteiger partial charge in [-0.25, -0.2) is 9.78 Å². The largest absolute Gasteiger partial charge is 0.485 e. The van der Waals surface area contributed by atoms with Crippen LogP contribution in [-0.2, 0) is 4.74 Å². The second-order valence-electron chi connectivity index (χ2n) is 7.67. The molecule has 0 aliphatic carbocycles. The predicted octanol–water partition coefficient (Wildman–Crippen LogP) is 2.41. The Morgan fingerprint density at radius 3 is 2.93 bits per heavy atom. The van der Waals surface area contributed by atoms with Crippen molar-refractivity contribution in [3.8, 4) is 5.75 Å². The summed E-state index contributed by atoms with van der Waals surface area (Å²) in [6.45, 7) is 4.83. The third-order valence-electron chi connectivity index (χ3n) is 5.64. The smallest absolute Gasteiger partial charge is 0.317 e. The van der Waals surface area contributed by atoms with Gasteiger partial charge in [-0.15, -0.1) is 0 Å². The van der Waals surface area contributed by atoms with Crippen LogP contribution in [0.1, 0.15) is 38.5 Å². The van der Waals surface area contributed by atoms with Gasteiger partial charge in [-0.3, -0.25) is 0 Å². The number of pyridine rings is 1. The fourth-order valence-electron chi connectivity index (χ4n) is 4.11. The molecule has 3 fully saturated rings. The molecule has 4 rings (SSSR count). The molecule has 1 aromatic rings. The lowest BCUT2D eigenvalue weighted by Crippen LogP contribution is -2.43. The van der Waals surface area contributed by atoms with Crippen molar-refractivity contribution in [2.24, 2.45) is 0 Å². The van der Waals surface area contributed by atoms with E-state index >= 15 is 0 Å². The van der Waals surface area contributed by atoms with E-state index in [2.05, 4.69) is 15.2 Å². The van der Waals surface area contributed by atoms with Crippen LogP contribution in [0.2, 0.25) is 0 Å². The van der Waals surface area contributed by atoms with E-state index in [9.17, 15) is 4.79 Å².